The number of carbonyl (C=O) groups is 1. The van der Waals surface area contributed by atoms with Crippen LogP contribution in [0.1, 0.15) is 16.2 Å². The topological polar surface area (TPSA) is 81.5 Å². The summed E-state index contributed by atoms with van der Waals surface area (Å²) in [5, 5.41) is 8.73. The molecule has 0 aliphatic carbocycles. The van der Waals surface area contributed by atoms with Crippen LogP contribution in [-0.4, -0.2) is 35.3 Å². The summed E-state index contributed by atoms with van der Waals surface area (Å²) < 4.78 is 9.61. The van der Waals surface area contributed by atoms with Crippen molar-refractivity contribution in [2.45, 2.75) is 6.61 Å². The van der Waals surface area contributed by atoms with Crippen LogP contribution >= 0.6 is 0 Å². The summed E-state index contributed by atoms with van der Waals surface area (Å²) in [6, 6.07) is 0. The Bertz CT molecular complexity index is 340. The van der Waals surface area contributed by atoms with E-state index < -0.39 is 5.97 Å². The zero-order chi connectivity index (χ0) is 10.6. The summed E-state index contributed by atoms with van der Waals surface area (Å²) in [5.41, 5.74) is -0.0626. The van der Waals surface area contributed by atoms with E-state index in [9.17, 15) is 4.79 Å². The fourth-order valence-corrected chi connectivity index (χ4v) is 0.902. The molecule has 0 unspecified atom stereocenters. The number of nitrogens with zero attached hydrogens (tertiary/aromatic N) is 2. The fraction of sp³-hybridized carbons (Fsp3) is 0.375. The molecule has 6 nitrogen and oxygen atoms in total. The number of methoxy groups -OCH3 is 2. The summed E-state index contributed by atoms with van der Waals surface area (Å²) in [4.78, 5) is 18.3. The summed E-state index contributed by atoms with van der Waals surface area (Å²) in [6.07, 6.45) is 1.20. The van der Waals surface area contributed by atoms with E-state index in [1.807, 2.05) is 0 Å². The van der Waals surface area contributed by atoms with Crippen LogP contribution in [0.25, 0.3) is 0 Å². The van der Waals surface area contributed by atoms with Crippen LogP contribution in [0.4, 0.5) is 0 Å². The van der Waals surface area contributed by atoms with E-state index in [4.69, 9.17) is 14.6 Å². The molecule has 6 heteroatoms. The van der Waals surface area contributed by atoms with E-state index in [0.29, 0.717) is 5.82 Å². The van der Waals surface area contributed by atoms with Gasteiger partial charge in [0.05, 0.1) is 7.11 Å². The minimum absolute atomic E-state index is 0.0413. The Morgan fingerprint density at radius 1 is 1.57 bits per heavy atom. The number of rotatable bonds is 4. The molecule has 0 radical (unpaired) electrons. The van der Waals surface area contributed by atoms with Gasteiger partial charge in [0.25, 0.3) is 0 Å². The van der Waals surface area contributed by atoms with Gasteiger partial charge in [0.2, 0.25) is 5.88 Å². The first-order valence-electron chi connectivity index (χ1n) is 3.81. The third-order valence-corrected chi connectivity index (χ3v) is 1.50. The van der Waals surface area contributed by atoms with Gasteiger partial charge in [-0.2, -0.15) is 4.98 Å². The Morgan fingerprint density at radius 3 is 2.79 bits per heavy atom. The van der Waals surface area contributed by atoms with E-state index in [1.54, 1.807) is 0 Å². The maximum absolute atomic E-state index is 10.7. The van der Waals surface area contributed by atoms with Gasteiger partial charge in [-0.1, -0.05) is 0 Å². The second-order valence-corrected chi connectivity index (χ2v) is 2.45. The molecule has 1 aromatic heterocycles. The molecule has 0 aromatic carbocycles. The molecule has 76 valence electrons. The monoisotopic (exact) mass is 198 g/mol. The minimum Gasteiger partial charge on any atom is -0.480 e. The molecule has 0 atom stereocenters. The lowest BCUT2D eigenvalue weighted by Gasteiger charge is -2.04. The maximum atomic E-state index is 10.7. The normalized spacial score (nSPS) is 9.86. The van der Waals surface area contributed by atoms with E-state index >= 15 is 0 Å². The van der Waals surface area contributed by atoms with Crippen molar-refractivity contribution in [2.75, 3.05) is 14.2 Å². The molecule has 0 spiro atoms. The number of hydrogen-bond acceptors (Lipinski definition) is 5. The zero-order valence-electron chi connectivity index (χ0n) is 7.85. The van der Waals surface area contributed by atoms with Gasteiger partial charge in [-0.15, -0.1) is 0 Å². The smallest absolute Gasteiger partial charge is 0.342 e. The van der Waals surface area contributed by atoms with Crippen molar-refractivity contribution in [3.63, 3.8) is 0 Å². The van der Waals surface area contributed by atoms with Gasteiger partial charge in [-0.05, 0) is 0 Å². The van der Waals surface area contributed by atoms with Crippen LogP contribution in [0.3, 0.4) is 0 Å². The van der Waals surface area contributed by atoms with Crippen molar-refractivity contribution >= 4 is 5.97 Å². The van der Waals surface area contributed by atoms with Crippen LogP contribution in [0.2, 0.25) is 0 Å². The van der Waals surface area contributed by atoms with Crippen LogP contribution < -0.4 is 4.74 Å². The van der Waals surface area contributed by atoms with Gasteiger partial charge in [0.15, 0.2) is 5.82 Å². The Morgan fingerprint density at radius 2 is 2.29 bits per heavy atom. The fourth-order valence-electron chi connectivity index (χ4n) is 0.902. The molecule has 1 rings (SSSR count). The van der Waals surface area contributed by atoms with Crippen LogP contribution in [0.15, 0.2) is 6.20 Å². The summed E-state index contributed by atoms with van der Waals surface area (Å²) >= 11 is 0. The first-order valence-corrected chi connectivity index (χ1v) is 3.81. The molecule has 0 saturated heterocycles. The lowest BCUT2D eigenvalue weighted by atomic mass is 10.3. The largest absolute Gasteiger partial charge is 0.480 e. The van der Waals surface area contributed by atoms with Crippen LogP contribution in [0.5, 0.6) is 5.88 Å². The predicted molar refractivity (Wildman–Crippen MR) is 46.3 cm³/mol. The zero-order valence-corrected chi connectivity index (χ0v) is 7.85. The quantitative estimate of drug-likeness (QED) is 0.750. The number of carboxylic acid groups (broad SMARTS) is 1. The van der Waals surface area contributed by atoms with Gasteiger partial charge < -0.3 is 14.6 Å². The SMILES string of the molecule is COCc1ncc(C(=O)O)c(OC)n1. The molecule has 0 fully saturated rings. The molecule has 0 aliphatic heterocycles. The Balaban J connectivity index is 3.05. The molecule has 0 amide bonds. The molecular weight excluding hydrogens is 188 g/mol. The summed E-state index contributed by atoms with van der Waals surface area (Å²) in [5.74, 6) is -0.695. The van der Waals surface area contributed by atoms with Crippen molar-refractivity contribution in [2.24, 2.45) is 0 Å². The lowest BCUT2D eigenvalue weighted by molar-refractivity contribution is 0.0691. The highest BCUT2D eigenvalue weighted by molar-refractivity contribution is 5.89. The van der Waals surface area contributed by atoms with Gasteiger partial charge in [0, 0.05) is 13.3 Å². The Kier molecular flexibility index (Phi) is 3.35. The highest BCUT2D eigenvalue weighted by atomic mass is 16.5. The highest BCUT2D eigenvalue weighted by Crippen LogP contribution is 2.13. The average Bonchev–Trinajstić information content (AvgIpc) is 2.17. The van der Waals surface area contributed by atoms with Gasteiger partial charge in [-0.3, -0.25) is 0 Å². The van der Waals surface area contributed by atoms with Gasteiger partial charge in [-0.25, -0.2) is 9.78 Å². The number of ether oxygens (including phenoxy) is 2. The first kappa shape index (κ1) is 10.4. The van der Waals surface area contributed by atoms with E-state index in [1.165, 1.54) is 20.4 Å². The number of carboxylic acids is 1. The van der Waals surface area contributed by atoms with E-state index in [2.05, 4.69) is 9.97 Å². The summed E-state index contributed by atoms with van der Waals surface area (Å²) in [6.45, 7) is 0.219. The molecule has 14 heavy (non-hydrogen) atoms. The van der Waals surface area contributed by atoms with Crippen LogP contribution in [0, 0.1) is 0 Å². The molecule has 1 heterocycles. The number of hydrogen-bond donors (Lipinski definition) is 1. The molecule has 0 bridgehead atoms. The average molecular weight is 198 g/mol. The second kappa shape index (κ2) is 4.52. The van der Waals surface area contributed by atoms with Crippen molar-refractivity contribution in [1.29, 1.82) is 0 Å². The van der Waals surface area contributed by atoms with Crippen molar-refractivity contribution in [3.05, 3.63) is 17.6 Å². The minimum atomic E-state index is -1.12. The third-order valence-electron chi connectivity index (χ3n) is 1.50. The van der Waals surface area contributed by atoms with Crippen molar-refractivity contribution in [3.8, 4) is 5.88 Å². The van der Waals surface area contributed by atoms with Gasteiger partial charge in [0.1, 0.15) is 12.2 Å². The van der Waals surface area contributed by atoms with Crippen molar-refractivity contribution < 1.29 is 19.4 Å². The number of aromatic nitrogens is 2. The van der Waals surface area contributed by atoms with E-state index in [-0.39, 0.29) is 18.1 Å². The third kappa shape index (κ3) is 2.17. The lowest BCUT2D eigenvalue weighted by Crippen LogP contribution is -2.06. The molecule has 1 N–H and O–H groups in total. The highest BCUT2D eigenvalue weighted by Gasteiger charge is 2.13. The van der Waals surface area contributed by atoms with Crippen LogP contribution in [-0.2, 0) is 11.3 Å². The maximum Gasteiger partial charge on any atom is 0.342 e. The molecule has 0 aliphatic rings. The van der Waals surface area contributed by atoms with Gasteiger partial charge >= 0.3 is 5.97 Å². The predicted octanol–water partition coefficient (Wildman–Crippen LogP) is 0.330. The van der Waals surface area contributed by atoms with Crippen molar-refractivity contribution in [1.82, 2.24) is 9.97 Å². The molecule has 0 saturated carbocycles. The molecule has 1 aromatic rings. The second-order valence-electron chi connectivity index (χ2n) is 2.45. The number of aromatic carboxylic acids is 1. The Labute approximate surface area is 80.5 Å². The molecular formula is C8H10N2O4. The summed E-state index contributed by atoms with van der Waals surface area (Å²) in [7, 11) is 2.85. The first-order chi connectivity index (χ1) is 6.69. The Hall–Kier alpha value is -1.69. The standard InChI is InChI=1S/C8H10N2O4/c1-13-4-6-9-3-5(8(11)12)7(10-6)14-2/h3H,4H2,1-2H3,(H,11,12). The van der Waals surface area contributed by atoms with E-state index in [0.717, 1.165) is 0 Å².